The number of anilines is 1. The summed E-state index contributed by atoms with van der Waals surface area (Å²) in [6.45, 7) is 5.13. The van der Waals surface area contributed by atoms with E-state index < -0.39 is 0 Å². The Morgan fingerprint density at radius 2 is 1.92 bits per heavy atom. The lowest BCUT2D eigenvalue weighted by atomic mass is 10.0. The minimum Gasteiger partial charge on any atom is -0.371 e. The van der Waals surface area contributed by atoms with E-state index in [1.165, 1.54) is 23.5 Å². The van der Waals surface area contributed by atoms with Crippen molar-refractivity contribution in [2.45, 2.75) is 32.4 Å². The third kappa shape index (κ3) is 3.91. The van der Waals surface area contributed by atoms with Crippen LogP contribution in [0, 0.1) is 6.92 Å². The maximum Gasteiger partial charge on any atom is 0.107 e. The van der Waals surface area contributed by atoms with Gasteiger partial charge in [-0.25, -0.2) is 9.67 Å². The van der Waals surface area contributed by atoms with Crippen LogP contribution >= 0.6 is 11.3 Å². The van der Waals surface area contributed by atoms with Crippen molar-refractivity contribution >= 4 is 17.0 Å². The van der Waals surface area contributed by atoms with E-state index in [4.69, 9.17) is 0 Å². The number of nitrogens with one attached hydrogen (secondary N) is 1. The fraction of sp³-hybridized carbons (Fsp3) is 0.368. The van der Waals surface area contributed by atoms with Crippen LogP contribution in [0.2, 0.25) is 0 Å². The van der Waals surface area contributed by atoms with Gasteiger partial charge >= 0.3 is 0 Å². The van der Waals surface area contributed by atoms with Crippen LogP contribution in [0.3, 0.4) is 0 Å². The lowest BCUT2D eigenvalue weighted by Crippen LogP contribution is -2.42. The predicted molar refractivity (Wildman–Crippen MR) is 102 cm³/mol. The van der Waals surface area contributed by atoms with Crippen molar-refractivity contribution in [2.75, 3.05) is 18.0 Å². The van der Waals surface area contributed by atoms with Crippen molar-refractivity contribution in [1.29, 1.82) is 0 Å². The summed E-state index contributed by atoms with van der Waals surface area (Å²) in [6, 6.07) is 11.2. The highest BCUT2D eigenvalue weighted by molar-refractivity contribution is 7.09. The van der Waals surface area contributed by atoms with Crippen LogP contribution < -0.4 is 10.2 Å². The zero-order valence-corrected chi connectivity index (χ0v) is 15.2. The molecule has 0 unspecified atom stereocenters. The van der Waals surface area contributed by atoms with Crippen molar-refractivity contribution in [1.82, 2.24) is 20.1 Å². The van der Waals surface area contributed by atoms with Crippen LogP contribution in [-0.4, -0.2) is 33.9 Å². The summed E-state index contributed by atoms with van der Waals surface area (Å²) in [5.41, 5.74) is 3.52. The standard InChI is InChI=1S/C19H23N5S/c1-15-14-25-19(22-15)13-20-16-7-11-23(12-8-16)17-3-5-18(6-4-17)24-10-2-9-21-24/h2-6,9-10,14,16,20H,7-8,11-13H2,1H3. The Kier molecular flexibility index (Phi) is 4.81. The van der Waals surface area contributed by atoms with E-state index in [0.717, 1.165) is 31.0 Å². The number of hydrogen-bond donors (Lipinski definition) is 1. The quantitative estimate of drug-likeness (QED) is 0.764. The Morgan fingerprint density at radius 3 is 2.56 bits per heavy atom. The summed E-state index contributed by atoms with van der Waals surface area (Å²) >= 11 is 1.74. The molecule has 1 saturated heterocycles. The SMILES string of the molecule is Cc1csc(CNC2CCN(c3ccc(-n4cccn4)cc3)CC2)n1. The zero-order chi connectivity index (χ0) is 17.1. The molecule has 1 aromatic carbocycles. The maximum atomic E-state index is 4.53. The second-order valence-corrected chi connectivity index (χ2v) is 7.43. The Balaban J connectivity index is 1.29. The number of hydrogen-bond acceptors (Lipinski definition) is 5. The molecule has 1 aliphatic heterocycles. The molecule has 0 atom stereocenters. The molecular formula is C19H23N5S. The molecule has 0 radical (unpaired) electrons. The molecule has 1 aliphatic rings. The average Bonchev–Trinajstić information content (AvgIpc) is 3.32. The summed E-state index contributed by atoms with van der Waals surface area (Å²) in [4.78, 5) is 7.00. The summed E-state index contributed by atoms with van der Waals surface area (Å²) in [5.74, 6) is 0. The first-order chi connectivity index (χ1) is 12.3. The Bertz CT molecular complexity index is 786. The molecule has 0 amide bonds. The van der Waals surface area contributed by atoms with Crippen LogP contribution in [0.1, 0.15) is 23.5 Å². The molecule has 2 aromatic heterocycles. The van der Waals surface area contributed by atoms with Crippen molar-refractivity contribution < 1.29 is 0 Å². The van der Waals surface area contributed by atoms with Gasteiger partial charge in [-0.05, 0) is 50.1 Å². The van der Waals surface area contributed by atoms with Crippen LogP contribution in [0.5, 0.6) is 0 Å². The van der Waals surface area contributed by atoms with E-state index >= 15 is 0 Å². The van der Waals surface area contributed by atoms with Gasteiger partial charge in [-0.2, -0.15) is 5.10 Å². The van der Waals surface area contributed by atoms with Gasteiger partial charge in [0, 0.05) is 54.8 Å². The molecule has 0 bridgehead atoms. The third-order valence-electron chi connectivity index (χ3n) is 4.69. The van der Waals surface area contributed by atoms with Gasteiger partial charge in [0.2, 0.25) is 0 Å². The van der Waals surface area contributed by atoms with E-state index in [1.54, 1.807) is 17.5 Å². The molecule has 1 fully saturated rings. The summed E-state index contributed by atoms with van der Waals surface area (Å²) in [6.07, 6.45) is 6.12. The number of rotatable bonds is 5. The Labute approximate surface area is 152 Å². The third-order valence-corrected chi connectivity index (χ3v) is 5.65. The van der Waals surface area contributed by atoms with E-state index in [0.29, 0.717) is 6.04 Å². The molecule has 0 spiro atoms. The van der Waals surface area contributed by atoms with Gasteiger partial charge in [-0.1, -0.05) is 0 Å². The second kappa shape index (κ2) is 7.37. The van der Waals surface area contributed by atoms with Crippen LogP contribution in [0.4, 0.5) is 5.69 Å². The zero-order valence-electron chi connectivity index (χ0n) is 14.4. The minimum atomic E-state index is 0.587. The highest BCUT2D eigenvalue weighted by Gasteiger charge is 2.19. The smallest absolute Gasteiger partial charge is 0.107 e. The van der Waals surface area contributed by atoms with Gasteiger partial charge in [0.15, 0.2) is 0 Å². The molecule has 6 heteroatoms. The number of aryl methyl sites for hydroxylation is 1. The molecule has 3 aromatic rings. The molecule has 1 N–H and O–H groups in total. The first-order valence-electron chi connectivity index (χ1n) is 8.77. The molecular weight excluding hydrogens is 330 g/mol. The fourth-order valence-electron chi connectivity index (χ4n) is 3.30. The predicted octanol–water partition coefficient (Wildman–Crippen LogP) is 3.40. The van der Waals surface area contributed by atoms with Gasteiger partial charge in [0.25, 0.3) is 0 Å². The van der Waals surface area contributed by atoms with Crippen molar-refractivity contribution in [2.24, 2.45) is 0 Å². The monoisotopic (exact) mass is 353 g/mol. The molecule has 0 saturated carbocycles. The van der Waals surface area contributed by atoms with Crippen LogP contribution in [0.15, 0.2) is 48.1 Å². The van der Waals surface area contributed by atoms with E-state index in [1.807, 2.05) is 16.9 Å². The van der Waals surface area contributed by atoms with Crippen molar-refractivity contribution in [3.05, 3.63) is 58.8 Å². The van der Waals surface area contributed by atoms with Crippen LogP contribution in [0.25, 0.3) is 5.69 Å². The molecule has 25 heavy (non-hydrogen) atoms. The molecule has 4 rings (SSSR count). The number of nitrogens with zero attached hydrogens (tertiary/aromatic N) is 4. The maximum absolute atomic E-state index is 4.53. The number of piperidine rings is 1. The summed E-state index contributed by atoms with van der Waals surface area (Å²) < 4.78 is 1.89. The van der Waals surface area contributed by atoms with E-state index in [2.05, 4.69) is 56.9 Å². The van der Waals surface area contributed by atoms with Gasteiger partial charge in [-0.15, -0.1) is 11.3 Å². The fourth-order valence-corrected chi connectivity index (χ4v) is 4.02. The lowest BCUT2D eigenvalue weighted by molar-refractivity contribution is 0.413. The van der Waals surface area contributed by atoms with Gasteiger partial charge < -0.3 is 10.2 Å². The molecule has 3 heterocycles. The van der Waals surface area contributed by atoms with Crippen molar-refractivity contribution in [3.63, 3.8) is 0 Å². The normalized spacial score (nSPS) is 15.6. The van der Waals surface area contributed by atoms with Gasteiger partial charge in [0.05, 0.1) is 5.69 Å². The topological polar surface area (TPSA) is 46.0 Å². The van der Waals surface area contributed by atoms with E-state index in [9.17, 15) is 0 Å². The number of thiazole rings is 1. The Hall–Kier alpha value is -2.18. The average molecular weight is 353 g/mol. The first-order valence-corrected chi connectivity index (χ1v) is 9.65. The largest absolute Gasteiger partial charge is 0.371 e. The number of aromatic nitrogens is 3. The number of benzene rings is 1. The lowest BCUT2D eigenvalue weighted by Gasteiger charge is -2.34. The first kappa shape index (κ1) is 16.3. The second-order valence-electron chi connectivity index (χ2n) is 6.49. The minimum absolute atomic E-state index is 0.587. The van der Waals surface area contributed by atoms with Gasteiger partial charge in [-0.3, -0.25) is 0 Å². The molecule has 130 valence electrons. The highest BCUT2D eigenvalue weighted by Crippen LogP contribution is 2.22. The highest BCUT2D eigenvalue weighted by atomic mass is 32.1. The Morgan fingerprint density at radius 1 is 1.16 bits per heavy atom. The van der Waals surface area contributed by atoms with Crippen molar-refractivity contribution in [3.8, 4) is 5.69 Å². The molecule has 5 nitrogen and oxygen atoms in total. The molecule has 0 aliphatic carbocycles. The summed E-state index contributed by atoms with van der Waals surface area (Å²) in [5, 5.41) is 11.2. The van der Waals surface area contributed by atoms with E-state index in [-0.39, 0.29) is 0 Å². The van der Waals surface area contributed by atoms with Gasteiger partial charge in [0.1, 0.15) is 5.01 Å². The van der Waals surface area contributed by atoms with Crippen LogP contribution in [-0.2, 0) is 6.54 Å². The summed E-state index contributed by atoms with van der Waals surface area (Å²) in [7, 11) is 0.